The Kier molecular flexibility index (Phi) is 4.34. The molecule has 1 saturated heterocycles. The van der Waals surface area contributed by atoms with Crippen molar-refractivity contribution in [2.75, 3.05) is 11.4 Å². The van der Waals surface area contributed by atoms with Crippen LogP contribution < -0.4 is 10.2 Å². The Bertz CT molecular complexity index is 550. The summed E-state index contributed by atoms with van der Waals surface area (Å²) in [6.07, 6.45) is 1.02. The number of amides is 1. The molecule has 2 rings (SSSR count). The van der Waals surface area contributed by atoms with E-state index >= 15 is 0 Å². The fraction of sp³-hybridized carbons (Fsp3) is 0.467. The molecule has 1 N–H and O–H groups in total. The van der Waals surface area contributed by atoms with Crippen molar-refractivity contribution in [2.45, 2.75) is 38.3 Å². The van der Waals surface area contributed by atoms with Crippen molar-refractivity contribution < 1.29 is 4.79 Å². The van der Waals surface area contributed by atoms with Gasteiger partial charge in [-0.2, -0.15) is 5.26 Å². The normalized spacial score (nSPS) is 21.8. The molecule has 0 bridgehead atoms. The van der Waals surface area contributed by atoms with Gasteiger partial charge in [-0.05, 0) is 38.5 Å². The molecule has 0 saturated carbocycles. The molecule has 1 unspecified atom stereocenters. The van der Waals surface area contributed by atoms with E-state index in [0.29, 0.717) is 6.54 Å². The first kappa shape index (κ1) is 14.9. The second kappa shape index (κ2) is 5.84. The summed E-state index contributed by atoms with van der Waals surface area (Å²) in [5.41, 5.74) is 0.767. The van der Waals surface area contributed by atoms with Gasteiger partial charge in [0.1, 0.15) is 6.04 Å². The van der Waals surface area contributed by atoms with E-state index in [1.807, 2.05) is 24.3 Å². The molecule has 0 aromatic heterocycles. The predicted octanol–water partition coefficient (Wildman–Crippen LogP) is 2.84. The highest BCUT2D eigenvalue weighted by molar-refractivity contribution is 9.10. The molecule has 5 heteroatoms. The first-order valence-electron chi connectivity index (χ1n) is 6.65. The largest absolute Gasteiger partial charge is 0.354 e. The fourth-order valence-electron chi connectivity index (χ4n) is 2.69. The molecular formula is C15H18BrN3O. The summed E-state index contributed by atoms with van der Waals surface area (Å²) in [7, 11) is 0. The predicted molar refractivity (Wildman–Crippen MR) is 82.3 cm³/mol. The zero-order chi connectivity index (χ0) is 14.8. The maximum absolute atomic E-state index is 12.2. The Labute approximate surface area is 127 Å². The second-order valence-corrected chi connectivity index (χ2v) is 6.50. The van der Waals surface area contributed by atoms with Crippen molar-refractivity contribution in [3.63, 3.8) is 0 Å². The SMILES string of the molecule is CC1(C)CCNC(=O)C(CC#N)N1c1cccc(Br)c1. The molecule has 106 valence electrons. The number of benzene rings is 1. The lowest BCUT2D eigenvalue weighted by atomic mass is 9.95. The van der Waals surface area contributed by atoms with E-state index in [1.54, 1.807) is 0 Å². The molecule has 1 amide bonds. The van der Waals surface area contributed by atoms with E-state index in [1.165, 1.54) is 0 Å². The third-order valence-corrected chi connectivity index (χ3v) is 4.17. The second-order valence-electron chi connectivity index (χ2n) is 5.58. The molecular weight excluding hydrogens is 318 g/mol. The van der Waals surface area contributed by atoms with Gasteiger partial charge in [0.05, 0.1) is 12.5 Å². The molecule has 1 heterocycles. The summed E-state index contributed by atoms with van der Waals surface area (Å²) in [6, 6.07) is 9.55. The Morgan fingerprint density at radius 1 is 1.55 bits per heavy atom. The number of halogens is 1. The van der Waals surface area contributed by atoms with Crippen LogP contribution in [0.3, 0.4) is 0 Å². The molecule has 1 atom stereocenters. The van der Waals surface area contributed by atoms with Gasteiger partial charge in [0, 0.05) is 22.2 Å². The number of nitrogens with zero attached hydrogens (tertiary/aromatic N) is 2. The zero-order valence-electron chi connectivity index (χ0n) is 11.7. The van der Waals surface area contributed by atoms with E-state index in [-0.39, 0.29) is 17.9 Å². The lowest BCUT2D eigenvalue weighted by Crippen LogP contribution is -2.52. The molecule has 0 radical (unpaired) electrons. The highest BCUT2D eigenvalue weighted by Gasteiger charge is 2.38. The number of rotatable bonds is 2. The standard InChI is InChI=1S/C15H18BrN3O/c1-15(2)7-9-18-14(20)13(6-8-17)19(15)12-5-3-4-11(16)10-12/h3-5,10,13H,6-7,9H2,1-2H3,(H,18,20). The maximum Gasteiger partial charge on any atom is 0.243 e. The van der Waals surface area contributed by atoms with Crippen LogP contribution in [-0.4, -0.2) is 24.0 Å². The van der Waals surface area contributed by atoms with Gasteiger partial charge in [0.25, 0.3) is 0 Å². The van der Waals surface area contributed by atoms with Crippen molar-refractivity contribution in [1.29, 1.82) is 5.26 Å². The third kappa shape index (κ3) is 2.96. The van der Waals surface area contributed by atoms with Crippen LogP contribution >= 0.6 is 15.9 Å². The van der Waals surface area contributed by atoms with Gasteiger partial charge in [-0.1, -0.05) is 22.0 Å². The third-order valence-electron chi connectivity index (χ3n) is 3.67. The molecule has 1 fully saturated rings. The van der Waals surface area contributed by atoms with Gasteiger partial charge in [-0.3, -0.25) is 4.79 Å². The number of hydrogen-bond acceptors (Lipinski definition) is 3. The molecule has 20 heavy (non-hydrogen) atoms. The van der Waals surface area contributed by atoms with Crippen molar-refractivity contribution in [2.24, 2.45) is 0 Å². The van der Waals surface area contributed by atoms with Crippen LogP contribution in [0.5, 0.6) is 0 Å². The average molecular weight is 336 g/mol. The van der Waals surface area contributed by atoms with Crippen molar-refractivity contribution in [3.8, 4) is 6.07 Å². The Hall–Kier alpha value is -1.54. The summed E-state index contributed by atoms with van der Waals surface area (Å²) in [6.45, 7) is 4.86. The van der Waals surface area contributed by atoms with Gasteiger partial charge in [-0.15, -0.1) is 0 Å². The minimum Gasteiger partial charge on any atom is -0.354 e. The quantitative estimate of drug-likeness (QED) is 0.904. The van der Waals surface area contributed by atoms with Gasteiger partial charge in [0.15, 0.2) is 0 Å². The van der Waals surface area contributed by atoms with Gasteiger partial charge >= 0.3 is 0 Å². The molecule has 1 aromatic rings. The summed E-state index contributed by atoms with van der Waals surface area (Å²) in [4.78, 5) is 14.3. The van der Waals surface area contributed by atoms with E-state index in [4.69, 9.17) is 5.26 Å². The monoisotopic (exact) mass is 335 g/mol. The van der Waals surface area contributed by atoms with Crippen LogP contribution in [0.1, 0.15) is 26.7 Å². The Morgan fingerprint density at radius 3 is 2.95 bits per heavy atom. The summed E-state index contributed by atoms with van der Waals surface area (Å²) >= 11 is 3.47. The summed E-state index contributed by atoms with van der Waals surface area (Å²) < 4.78 is 0.964. The topological polar surface area (TPSA) is 56.1 Å². The number of nitriles is 1. The number of carbonyl (C=O) groups is 1. The van der Waals surface area contributed by atoms with Crippen molar-refractivity contribution >= 4 is 27.5 Å². The van der Waals surface area contributed by atoms with Crippen molar-refractivity contribution in [3.05, 3.63) is 28.7 Å². The smallest absolute Gasteiger partial charge is 0.243 e. The zero-order valence-corrected chi connectivity index (χ0v) is 13.3. The van der Waals surface area contributed by atoms with Crippen molar-refractivity contribution in [1.82, 2.24) is 5.32 Å². The first-order valence-corrected chi connectivity index (χ1v) is 7.44. The summed E-state index contributed by atoms with van der Waals surface area (Å²) in [5, 5.41) is 12.0. The minimum absolute atomic E-state index is 0.0721. The Morgan fingerprint density at radius 2 is 2.30 bits per heavy atom. The van der Waals surface area contributed by atoms with Crippen LogP contribution in [0, 0.1) is 11.3 Å². The van der Waals surface area contributed by atoms with Gasteiger partial charge in [0.2, 0.25) is 5.91 Å². The van der Waals surface area contributed by atoms with Crippen LogP contribution in [0.4, 0.5) is 5.69 Å². The van der Waals surface area contributed by atoms with Crippen LogP contribution in [0.15, 0.2) is 28.7 Å². The average Bonchev–Trinajstić information content (AvgIpc) is 2.47. The Balaban J connectivity index is 2.50. The first-order chi connectivity index (χ1) is 9.45. The highest BCUT2D eigenvalue weighted by atomic mass is 79.9. The van der Waals surface area contributed by atoms with Crippen LogP contribution in [-0.2, 0) is 4.79 Å². The van der Waals surface area contributed by atoms with E-state index in [9.17, 15) is 4.79 Å². The number of anilines is 1. The molecule has 0 aliphatic carbocycles. The van der Waals surface area contributed by atoms with Gasteiger partial charge < -0.3 is 10.2 Å². The molecule has 1 aliphatic rings. The molecule has 0 spiro atoms. The van der Waals surface area contributed by atoms with E-state index in [2.05, 4.69) is 46.1 Å². The van der Waals surface area contributed by atoms with E-state index in [0.717, 1.165) is 16.6 Å². The summed E-state index contributed by atoms with van der Waals surface area (Å²) in [5.74, 6) is -0.0721. The van der Waals surface area contributed by atoms with Gasteiger partial charge in [-0.25, -0.2) is 0 Å². The minimum atomic E-state index is -0.452. The van der Waals surface area contributed by atoms with E-state index < -0.39 is 6.04 Å². The number of carbonyl (C=O) groups excluding carboxylic acids is 1. The molecule has 1 aliphatic heterocycles. The lowest BCUT2D eigenvalue weighted by Gasteiger charge is -2.42. The fourth-order valence-corrected chi connectivity index (χ4v) is 3.08. The van der Waals surface area contributed by atoms with Crippen LogP contribution in [0.2, 0.25) is 0 Å². The lowest BCUT2D eigenvalue weighted by molar-refractivity contribution is -0.122. The number of hydrogen-bond donors (Lipinski definition) is 1. The number of nitrogens with one attached hydrogen (secondary N) is 1. The highest BCUT2D eigenvalue weighted by Crippen LogP contribution is 2.33. The molecule has 1 aromatic carbocycles. The maximum atomic E-state index is 12.2. The molecule has 4 nitrogen and oxygen atoms in total. The van der Waals surface area contributed by atoms with Crippen LogP contribution in [0.25, 0.3) is 0 Å².